The number of hydrogen-bond donors (Lipinski definition) is 1. The third-order valence-corrected chi connectivity index (χ3v) is 2.54. The molecule has 0 aliphatic heterocycles. The molecule has 2 heterocycles. The minimum Gasteiger partial charge on any atom is -0.370 e. The van der Waals surface area contributed by atoms with Gasteiger partial charge in [-0.25, -0.2) is 14.6 Å². The molecular formula is C12H17N5. The van der Waals surface area contributed by atoms with E-state index in [9.17, 15) is 0 Å². The third kappa shape index (κ3) is 2.43. The summed E-state index contributed by atoms with van der Waals surface area (Å²) in [5.41, 5.74) is 2.00. The Morgan fingerprint density at radius 2 is 2.12 bits per heavy atom. The molecule has 5 heteroatoms. The molecular weight excluding hydrogens is 214 g/mol. The average molecular weight is 231 g/mol. The van der Waals surface area contributed by atoms with E-state index >= 15 is 0 Å². The predicted molar refractivity (Wildman–Crippen MR) is 67.4 cm³/mol. The summed E-state index contributed by atoms with van der Waals surface area (Å²) in [7, 11) is 0. The van der Waals surface area contributed by atoms with Gasteiger partial charge >= 0.3 is 0 Å². The zero-order valence-electron chi connectivity index (χ0n) is 10.4. The van der Waals surface area contributed by atoms with Gasteiger partial charge in [0.25, 0.3) is 0 Å². The van der Waals surface area contributed by atoms with Gasteiger partial charge in [0.15, 0.2) is 5.82 Å². The van der Waals surface area contributed by atoms with Gasteiger partial charge in [0.1, 0.15) is 12.1 Å². The van der Waals surface area contributed by atoms with Crippen LogP contribution in [0.4, 0.5) is 5.82 Å². The summed E-state index contributed by atoms with van der Waals surface area (Å²) in [6.45, 7) is 7.00. The van der Waals surface area contributed by atoms with E-state index in [1.54, 1.807) is 11.0 Å². The second-order valence-electron chi connectivity index (χ2n) is 4.00. The monoisotopic (exact) mass is 231 g/mol. The largest absolute Gasteiger partial charge is 0.370 e. The van der Waals surface area contributed by atoms with Crippen LogP contribution >= 0.6 is 0 Å². The third-order valence-electron chi connectivity index (χ3n) is 2.54. The van der Waals surface area contributed by atoms with Gasteiger partial charge in [-0.2, -0.15) is 5.10 Å². The first-order valence-electron chi connectivity index (χ1n) is 5.80. The SMILES string of the molecule is CCCNc1ncnc(-n2ccc(C)n2)c1C. The zero-order chi connectivity index (χ0) is 12.3. The lowest BCUT2D eigenvalue weighted by molar-refractivity contribution is 0.815. The Labute approximate surface area is 101 Å². The first kappa shape index (κ1) is 11.6. The molecule has 0 atom stereocenters. The van der Waals surface area contributed by atoms with Crippen molar-refractivity contribution < 1.29 is 0 Å². The van der Waals surface area contributed by atoms with E-state index in [1.807, 2.05) is 26.1 Å². The molecule has 0 spiro atoms. The van der Waals surface area contributed by atoms with E-state index < -0.39 is 0 Å². The Balaban J connectivity index is 2.35. The van der Waals surface area contributed by atoms with E-state index in [-0.39, 0.29) is 0 Å². The highest BCUT2D eigenvalue weighted by molar-refractivity contribution is 5.50. The molecule has 2 aromatic heterocycles. The lowest BCUT2D eigenvalue weighted by Gasteiger charge is -2.10. The highest BCUT2D eigenvalue weighted by Gasteiger charge is 2.08. The van der Waals surface area contributed by atoms with Crippen molar-refractivity contribution in [2.45, 2.75) is 27.2 Å². The fraction of sp³-hybridized carbons (Fsp3) is 0.417. The number of anilines is 1. The number of rotatable bonds is 4. The molecule has 0 aromatic carbocycles. The van der Waals surface area contributed by atoms with Gasteiger partial charge in [0, 0.05) is 18.3 Å². The summed E-state index contributed by atoms with van der Waals surface area (Å²) in [4.78, 5) is 8.53. The van der Waals surface area contributed by atoms with Crippen molar-refractivity contribution >= 4 is 5.82 Å². The van der Waals surface area contributed by atoms with Gasteiger partial charge in [0.05, 0.1) is 5.69 Å². The quantitative estimate of drug-likeness (QED) is 0.875. The van der Waals surface area contributed by atoms with Crippen molar-refractivity contribution in [1.82, 2.24) is 19.7 Å². The lowest BCUT2D eigenvalue weighted by atomic mass is 10.3. The van der Waals surface area contributed by atoms with Gasteiger partial charge in [-0.3, -0.25) is 0 Å². The Kier molecular flexibility index (Phi) is 3.37. The van der Waals surface area contributed by atoms with Crippen molar-refractivity contribution in [1.29, 1.82) is 0 Å². The Morgan fingerprint density at radius 1 is 1.29 bits per heavy atom. The first-order chi connectivity index (χ1) is 8.22. The number of nitrogens with one attached hydrogen (secondary N) is 1. The molecule has 0 unspecified atom stereocenters. The fourth-order valence-corrected chi connectivity index (χ4v) is 1.63. The smallest absolute Gasteiger partial charge is 0.161 e. The maximum absolute atomic E-state index is 4.36. The maximum Gasteiger partial charge on any atom is 0.161 e. The second-order valence-corrected chi connectivity index (χ2v) is 4.00. The van der Waals surface area contributed by atoms with E-state index in [1.165, 1.54) is 0 Å². The molecule has 2 aromatic rings. The van der Waals surface area contributed by atoms with Gasteiger partial charge in [-0.15, -0.1) is 0 Å². The summed E-state index contributed by atoms with van der Waals surface area (Å²) in [5, 5.41) is 7.65. The number of aromatic nitrogens is 4. The van der Waals surface area contributed by atoms with Crippen LogP contribution in [0.3, 0.4) is 0 Å². The maximum atomic E-state index is 4.36. The van der Waals surface area contributed by atoms with Gasteiger partial charge in [-0.05, 0) is 26.3 Å². The average Bonchev–Trinajstić information content (AvgIpc) is 2.74. The Morgan fingerprint density at radius 3 is 2.76 bits per heavy atom. The molecule has 1 N–H and O–H groups in total. The summed E-state index contributed by atoms with van der Waals surface area (Å²) in [6.07, 6.45) is 4.55. The fourth-order valence-electron chi connectivity index (χ4n) is 1.63. The molecule has 0 amide bonds. The zero-order valence-corrected chi connectivity index (χ0v) is 10.4. The molecule has 0 saturated carbocycles. The van der Waals surface area contributed by atoms with Crippen molar-refractivity contribution in [2.75, 3.05) is 11.9 Å². The second kappa shape index (κ2) is 4.95. The molecule has 0 bridgehead atoms. The highest BCUT2D eigenvalue weighted by atomic mass is 15.3. The molecule has 0 fully saturated rings. The van der Waals surface area contributed by atoms with Crippen molar-refractivity contribution in [3.8, 4) is 5.82 Å². The molecule has 17 heavy (non-hydrogen) atoms. The Bertz CT molecular complexity index is 503. The van der Waals surface area contributed by atoms with E-state index in [0.29, 0.717) is 0 Å². The normalized spacial score (nSPS) is 10.5. The Hall–Kier alpha value is -1.91. The van der Waals surface area contributed by atoms with Crippen LogP contribution in [-0.2, 0) is 0 Å². The molecule has 0 saturated heterocycles. The van der Waals surface area contributed by atoms with E-state index in [4.69, 9.17) is 0 Å². The van der Waals surface area contributed by atoms with Gasteiger partial charge in [-0.1, -0.05) is 6.92 Å². The van der Waals surface area contributed by atoms with Gasteiger partial charge in [0.2, 0.25) is 0 Å². The molecule has 0 radical (unpaired) electrons. The summed E-state index contributed by atoms with van der Waals surface area (Å²) < 4.78 is 1.78. The number of hydrogen-bond acceptors (Lipinski definition) is 4. The topological polar surface area (TPSA) is 55.6 Å². The van der Waals surface area contributed by atoms with Gasteiger partial charge < -0.3 is 5.32 Å². The number of nitrogens with zero attached hydrogens (tertiary/aromatic N) is 4. The van der Waals surface area contributed by atoms with Crippen LogP contribution in [-0.4, -0.2) is 26.3 Å². The van der Waals surface area contributed by atoms with Crippen LogP contribution < -0.4 is 5.32 Å². The summed E-state index contributed by atoms with van der Waals surface area (Å²) >= 11 is 0. The van der Waals surface area contributed by atoms with Crippen molar-refractivity contribution in [3.05, 3.63) is 29.8 Å². The van der Waals surface area contributed by atoms with Crippen LogP contribution in [0.2, 0.25) is 0 Å². The molecule has 0 aliphatic rings. The number of aryl methyl sites for hydroxylation is 1. The van der Waals surface area contributed by atoms with E-state index in [0.717, 1.165) is 35.9 Å². The molecule has 5 nitrogen and oxygen atoms in total. The summed E-state index contributed by atoms with van der Waals surface area (Å²) in [5.74, 6) is 1.71. The minimum atomic E-state index is 0.826. The van der Waals surface area contributed by atoms with Crippen LogP contribution in [0, 0.1) is 13.8 Å². The molecule has 0 aliphatic carbocycles. The summed E-state index contributed by atoms with van der Waals surface area (Å²) in [6, 6.07) is 1.96. The van der Waals surface area contributed by atoms with Crippen LogP contribution in [0.5, 0.6) is 0 Å². The minimum absolute atomic E-state index is 0.826. The van der Waals surface area contributed by atoms with Crippen molar-refractivity contribution in [3.63, 3.8) is 0 Å². The molecule has 90 valence electrons. The first-order valence-corrected chi connectivity index (χ1v) is 5.80. The highest BCUT2D eigenvalue weighted by Crippen LogP contribution is 2.16. The van der Waals surface area contributed by atoms with Crippen molar-refractivity contribution in [2.24, 2.45) is 0 Å². The van der Waals surface area contributed by atoms with Crippen LogP contribution in [0.15, 0.2) is 18.6 Å². The predicted octanol–water partition coefficient (Wildman–Crippen LogP) is 2.10. The van der Waals surface area contributed by atoms with Crippen LogP contribution in [0.25, 0.3) is 5.82 Å². The van der Waals surface area contributed by atoms with Crippen LogP contribution in [0.1, 0.15) is 24.6 Å². The standard InChI is InChI=1S/C12H17N5/c1-4-6-13-11-10(3)12(15-8-14-11)17-7-5-9(2)16-17/h5,7-8H,4,6H2,1-3H3,(H,13,14,15). The lowest BCUT2D eigenvalue weighted by Crippen LogP contribution is -2.09. The molecule has 2 rings (SSSR count). The van der Waals surface area contributed by atoms with E-state index in [2.05, 4.69) is 27.3 Å².